The number of carbonyl (C=O) groups is 1. The second kappa shape index (κ2) is 6.87. The minimum atomic E-state index is -0.175. The Balaban J connectivity index is 1.94. The maximum atomic E-state index is 12.3. The van der Waals surface area contributed by atoms with Crippen molar-refractivity contribution in [2.24, 2.45) is 0 Å². The summed E-state index contributed by atoms with van der Waals surface area (Å²) in [4.78, 5) is 12.3. The minimum absolute atomic E-state index is 0.175. The smallest absolute Gasteiger partial charge is 0.310 e. The van der Waals surface area contributed by atoms with Gasteiger partial charge in [0.15, 0.2) is 0 Å². The van der Waals surface area contributed by atoms with Crippen molar-refractivity contribution in [3.63, 3.8) is 0 Å². The van der Waals surface area contributed by atoms with E-state index in [1.165, 1.54) is 16.5 Å². The van der Waals surface area contributed by atoms with Gasteiger partial charge in [-0.05, 0) is 60.7 Å². The van der Waals surface area contributed by atoms with Gasteiger partial charge in [-0.15, -0.1) is 0 Å². The van der Waals surface area contributed by atoms with Crippen LogP contribution in [0.5, 0.6) is 5.75 Å². The highest BCUT2D eigenvalue weighted by molar-refractivity contribution is 5.97. The van der Waals surface area contributed by atoms with E-state index in [4.69, 9.17) is 9.47 Å². The van der Waals surface area contributed by atoms with E-state index in [1.54, 1.807) is 7.11 Å². The van der Waals surface area contributed by atoms with E-state index in [1.807, 2.05) is 19.1 Å². The largest absolute Gasteiger partial charge is 0.497 e. The van der Waals surface area contributed by atoms with Crippen LogP contribution in [0.15, 0.2) is 42.5 Å². The Hall–Kier alpha value is -2.75. The SMILES string of the molecule is CCOC(=O)Cc1c(-c2ccc(OC)cc2)n2c3c(cccc13)CCC2. The van der Waals surface area contributed by atoms with Crippen LogP contribution in [0.2, 0.25) is 0 Å². The molecule has 0 atom stereocenters. The van der Waals surface area contributed by atoms with Gasteiger partial charge >= 0.3 is 5.97 Å². The Morgan fingerprint density at radius 2 is 1.96 bits per heavy atom. The molecule has 0 saturated carbocycles. The first-order chi connectivity index (χ1) is 12.7. The van der Waals surface area contributed by atoms with E-state index in [0.29, 0.717) is 13.0 Å². The first-order valence-corrected chi connectivity index (χ1v) is 9.16. The quantitative estimate of drug-likeness (QED) is 0.642. The van der Waals surface area contributed by atoms with Crippen molar-refractivity contribution in [2.45, 2.75) is 32.7 Å². The van der Waals surface area contributed by atoms with Crippen LogP contribution in [0.1, 0.15) is 24.5 Å². The van der Waals surface area contributed by atoms with E-state index in [-0.39, 0.29) is 5.97 Å². The Morgan fingerprint density at radius 1 is 1.15 bits per heavy atom. The molecular weight excluding hydrogens is 326 g/mol. The van der Waals surface area contributed by atoms with E-state index < -0.39 is 0 Å². The average molecular weight is 349 g/mol. The normalized spacial score (nSPS) is 13.0. The molecule has 0 amide bonds. The van der Waals surface area contributed by atoms with Gasteiger partial charge in [0.2, 0.25) is 0 Å². The van der Waals surface area contributed by atoms with Gasteiger partial charge in [-0.25, -0.2) is 0 Å². The number of aryl methyl sites for hydroxylation is 2. The fraction of sp³-hybridized carbons (Fsp3) is 0.318. The number of esters is 1. The number of rotatable bonds is 5. The molecule has 0 spiro atoms. The van der Waals surface area contributed by atoms with Crippen molar-refractivity contribution >= 4 is 16.9 Å². The van der Waals surface area contributed by atoms with E-state index in [9.17, 15) is 4.79 Å². The Kier molecular flexibility index (Phi) is 4.41. The van der Waals surface area contributed by atoms with E-state index in [2.05, 4.69) is 34.9 Å². The van der Waals surface area contributed by atoms with Crippen molar-refractivity contribution in [2.75, 3.05) is 13.7 Å². The maximum absolute atomic E-state index is 12.3. The third-order valence-corrected chi connectivity index (χ3v) is 5.09. The van der Waals surface area contributed by atoms with Gasteiger partial charge in [0.25, 0.3) is 0 Å². The molecule has 0 N–H and O–H groups in total. The van der Waals surface area contributed by atoms with Gasteiger partial charge in [-0.1, -0.05) is 18.2 Å². The Labute approximate surface area is 153 Å². The molecule has 134 valence electrons. The first kappa shape index (κ1) is 16.7. The second-order valence-corrected chi connectivity index (χ2v) is 6.61. The zero-order chi connectivity index (χ0) is 18.1. The molecule has 0 aliphatic carbocycles. The number of hydrogen-bond donors (Lipinski definition) is 0. The molecule has 1 aromatic heterocycles. The van der Waals surface area contributed by atoms with Crippen LogP contribution in [0.3, 0.4) is 0 Å². The number of carbonyl (C=O) groups excluding carboxylic acids is 1. The molecule has 2 aromatic carbocycles. The van der Waals surface area contributed by atoms with Gasteiger partial charge in [0, 0.05) is 11.9 Å². The van der Waals surface area contributed by atoms with Crippen LogP contribution < -0.4 is 4.74 Å². The summed E-state index contributed by atoms with van der Waals surface area (Å²) in [6.07, 6.45) is 2.49. The molecule has 1 aliphatic rings. The summed E-state index contributed by atoms with van der Waals surface area (Å²) in [6.45, 7) is 3.22. The second-order valence-electron chi connectivity index (χ2n) is 6.61. The lowest BCUT2D eigenvalue weighted by atomic mass is 10.0. The number of nitrogens with zero attached hydrogens (tertiary/aromatic N) is 1. The number of aromatic nitrogens is 1. The van der Waals surface area contributed by atoms with Crippen LogP contribution >= 0.6 is 0 Å². The molecule has 4 rings (SSSR count). The highest BCUT2D eigenvalue weighted by Crippen LogP contribution is 2.39. The van der Waals surface area contributed by atoms with Crippen LogP contribution in [0.4, 0.5) is 0 Å². The molecule has 0 bridgehead atoms. The van der Waals surface area contributed by atoms with Crippen LogP contribution in [-0.4, -0.2) is 24.3 Å². The molecule has 0 unspecified atom stereocenters. The lowest BCUT2D eigenvalue weighted by molar-refractivity contribution is -0.142. The van der Waals surface area contributed by atoms with E-state index >= 15 is 0 Å². The van der Waals surface area contributed by atoms with E-state index in [0.717, 1.165) is 42.0 Å². The molecule has 3 aromatic rings. The topological polar surface area (TPSA) is 40.5 Å². The molecule has 0 radical (unpaired) electrons. The Morgan fingerprint density at radius 3 is 2.69 bits per heavy atom. The zero-order valence-electron chi connectivity index (χ0n) is 15.2. The summed E-state index contributed by atoms with van der Waals surface area (Å²) < 4.78 is 12.9. The van der Waals surface area contributed by atoms with Crippen molar-refractivity contribution in [3.8, 4) is 17.0 Å². The van der Waals surface area contributed by atoms with Crippen molar-refractivity contribution in [3.05, 3.63) is 53.6 Å². The molecule has 26 heavy (non-hydrogen) atoms. The number of benzene rings is 2. The molecule has 4 heteroatoms. The first-order valence-electron chi connectivity index (χ1n) is 9.16. The van der Waals surface area contributed by atoms with Crippen molar-refractivity contribution in [1.82, 2.24) is 4.57 Å². The predicted molar refractivity (Wildman–Crippen MR) is 103 cm³/mol. The highest BCUT2D eigenvalue weighted by Gasteiger charge is 2.24. The van der Waals surface area contributed by atoms with Crippen LogP contribution in [0.25, 0.3) is 22.2 Å². The molecular formula is C22H23NO3. The maximum Gasteiger partial charge on any atom is 0.310 e. The number of ether oxygens (including phenoxy) is 2. The van der Waals surface area contributed by atoms with Gasteiger partial charge in [-0.2, -0.15) is 0 Å². The monoisotopic (exact) mass is 349 g/mol. The number of para-hydroxylation sites is 1. The van der Waals surface area contributed by atoms with Gasteiger partial charge in [-0.3, -0.25) is 4.79 Å². The summed E-state index contributed by atoms with van der Waals surface area (Å²) in [5.41, 5.74) is 5.92. The molecule has 0 saturated heterocycles. The fourth-order valence-corrected chi connectivity index (χ4v) is 4.02. The standard InChI is InChI=1S/C22H23NO3/c1-3-26-20(24)14-19-18-8-4-6-15-7-5-13-23(21(15)18)22(19)16-9-11-17(25-2)12-10-16/h4,6,8-12H,3,5,7,13-14H2,1-2H3. The summed E-state index contributed by atoms with van der Waals surface area (Å²) in [6, 6.07) is 14.5. The number of methoxy groups -OCH3 is 1. The zero-order valence-corrected chi connectivity index (χ0v) is 15.2. The molecule has 1 aliphatic heterocycles. The molecule has 4 nitrogen and oxygen atoms in total. The highest BCUT2D eigenvalue weighted by atomic mass is 16.5. The van der Waals surface area contributed by atoms with Crippen molar-refractivity contribution < 1.29 is 14.3 Å². The average Bonchev–Trinajstić information content (AvgIpc) is 2.98. The Bertz CT molecular complexity index is 954. The third-order valence-electron chi connectivity index (χ3n) is 5.09. The molecule has 0 fully saturated rings. The summed E-state index contributed by atoms with van der Waals surface area (Å²) >= 11 is 0. The third kappa shape index (κ3) is 2.75. The summed E-state index contributed by atoms with van der Waals surface area (Å²) in [5, 5.41) is 1.17. The summed E-state index contributed by atoms with van der Waals surface area (Å²) in [7, 11) is 1.67. The molecule has 2 heterocycles. The minimum Gasteiger partial charge on any atom is -0.497 e. The van der Waals surface area contributed by atoms with Gasteiger partial charge in [0.1, 0.15) is 5.75 Å². The van der Waals surface area contributed by atoms with Gasteiger partial charge < -0.3 is 14.0 Å². The summed E-state index contributed by atoms with van der Waals surface area (Å²) in [5.74, 6) is 0.655. The van der Waals surface area contributed by atoms with Crippen molar-refractivity contribution in [1.29, 1.82) is 0 Å². The van der Waals surface area contributed by atoms with Crippen LogP contribution in [0, 0.1) is 0 Å². The fourth-order valence-electron chi connectivity index (χ4n) is 4.02. The number of hydrogen-bond acceptors (Lipinski definition) is 3. The lowest BCUT2D eigenvalue weighted by Gasteiger charge is -2.18. The van der Waals surface area contributed by atoms with Gasteiger partial charge in [0.05, 0.1) is 31.3 Å². The lowest BCUT2D eigenvalue weighted by Crippen LogP contribution is -2.10. The van der Waals surface area contributed by atoms with Crippen LogP contribution in [-0.2, 0) is 28.9 Å². The predicted octanol–water partition coefficient (Wildman–Crippen LogP) is 4.37.